The first-order chi connectivity index (χ1) is 13.1. The maximum Gasteiger partial charge on any atom is 0.313 e. The summed E-state index contributed by atoms with van der Waals surface area (Å²) in [4.78, 5) is 12.1. The molecule has 0 amide bonds. The molecule has 6 heteroatoms. The highest BCUT2D eigenvalue weighted by Crippen LogP contribution is 2.26. The molecule has 0 fully saturated rings. The number of rotatable bonds is 11. The van der Waals surface area contributed by atoms with Crippen molar-refractivity contribution < 1.29 is 28.5 Å². The number of aliphatic hydroxyl groups is 1. The van der Waals surface area contributed by atoms with Gasteiger partial charge in [-0.15, -0.1) is 0 Å². The van der Waals surface area contributed by atoms with E-state index in [4.69, 9.17) is 19.3 Å². The maximum absolute atomic E-state index is 14.4. The summed E-state index contributed by atoms with van der Waals surface area (Å²) in [5.41, 5.74) is 1.85. The maximum atomic E-state index is 14.4. The van der Waals surface area contributed by atoms with Crippen molar-refractivity contribution in [3.63, 3.8) is 0 Å². The van der Waals surface area contributed by atoms with E-state index in [1.165, 1.54) is 6.07 Å². The zero-order valence-corrected chi connectivity index (χ0v) is 15.4. The summed E-state index contributed by atoms with van der Waals surface area (Å²) in [6, 6.07) is 14.1. The number of hydrogen-bond acceptors (Lipinski definition) is 5. The second kappa shape index (κ2) is 11.4. The van der Waals surface area contributed by atoms with Crippen LogP contribution in [0.25, 0.3) is 11.1 Å². The smallest absolute Gasteiger partial charge is 0.313 e. The van der Waals surface area contributed by atoms with Crippen molar-refractivity contribution in [2.24, 2.45) is 0 Å². The van der Waals surface area contributed by atoms with Crippen molar-refractivity contribution >= 4 is 5.97 Å². The third-order valence-electron chi connectivity index (χ3n) is 4.01. The molecule has 2 aromatic carbocycles. The Labute approximate surface area is 158 Å². The number of carbonyl (C=O) groups excluding carboxylic acids is 1. The summed E-state index contributed by atoms with van der Waals surface area (Å²) >= 11 is 0. The molecule has 0 saturated carbocycles. The summed E-state index contributed by atoms with van der Waals surface area (Å²) in [5, 5.41) is 8.56. The minimum atomic E-state index is -0.572. The van der Waals surface area contributed by atoms with Gasteiger partial charge in [0.1, 0.15) is 12.4 Å². The number of carbonyl (C=O) groups is 1. The molecule has 0 heterocycles. The fourth-order valence-electron chi connectivity index (χ4n) is 2.50. The quantitative estimate of drug-likeness (QED) is 0.482. The molecular weight excluding hydrogens is 351 g/mol. The monoisotopic (exact) mass is 376 g/mol. The van der Waals surface area contributed by atoms with Crippen LogP contribution in [-0.4, -0.2) is 50.7 Å². The molecule has 0 aliphatic heterocycles. The number of hydrogen-bond donors (Lipinski definition) is 1. The summed E-state index contributed by atoms with van der Waals surface area (Å²) in [6.45, 7) is 3.04. The van der Waals surface area contributed by atoms with Crippen molar-refractivity contribution in [2.45, 2.75) is 12.8 Å². The standard InChI is InChI=1S/C21H25FO5/c1-16(21(24)27-14-13-26-12-11-25-10-9-23)18-7-8-19(20(22)15-18)17-5-3-2-4-6-17/h2-8,15-16,23H,9-14H2,1H3. The molecule has 0 spiro atoms. The van der Waals surface area contributed by atoms with Gasteiger partial charge in [-0.3, -0.25) is 4.79 Å². The van der Waals surface area contributed by atoms with Crippen LogP contribution < -0.4 is 0 Å². The van der Waals surface area contributed by atoms with Gasteiger partial charge in [0.2, 0.25) is 0 Å². The van der Waals surface area contributed by atoms with Crippen LogP contribution in [0.15, 0.2) is 48.5 Å². The molecule has 0 aliphatic rings. The van der Waals surface area contributed by atoms with E-state index in [9.17, 15) is 9.18 Å². The summed E-state index contributed by atoms with van der Waals surface area (Å²) < 4.78 is 29.9. The molecule has 5 nitrogen and oxygen atoms in total. The molecule has 0 bridgehead atoms. The minimum absolute atomic E-state index is 0.0254. The first-order valence-electron chi connectivity index (χ1n) is 8.91. The Kier molecular flexibility index (Phi) is 8.91. The van der Waals surface area contributed by atoms with Gasteiger partial charge in [0.15, 0.2) is 0 Å². The Morgan fingerprint density at radius 1 is 1.00 bits per heavy atom. The third-order valence-corrected chi connectivity index (χ3v) is 4.01. The predicted molar refractivity (Wildman–Crippen MR) is 99.9 cm³/mol. The lowest BCUT2D eigenvalue weighted by molar-refractivity contribution is -0.146. The molecule has 0 saturated heterocycles. The molecule has 0 radical (unpaired) electrons. The van der Waals surface area contributed by atoms with E-state index in [0.29, 0.717) is 24.3 Å². The second-order valence-corrected chi connectivity index (χ2v) is 5.94. The van der Waals surface area contributed by atoms with Crippen molar-refractivity contribution in [2.75, 3.05) is 39.6 Å². The Morgan fingerprint density at radius 3 is 2.33 bits per heavy atom. The molecule has 146 valence electrons. The number of benzene rings is 2. The molecule has 0 aliphatic carbocycles. The first kappa shape index (κ1) is 21.0. The summed E-state index contributed by atoms with van der Waals surface area (Å²) in [6.07, 6.45) is 0. The molecule has 1 unspecified atom stereocenters. The molecule has 1 atom stereocenters. The Morgan fingerprint density at radius 2 is 1.67 bits per heavy atom. The van der Waals surface area contributed by atoms with E-state index in [1.54, 1.807) is 19.1 Å². The topological polar surface area (TPSA) is 65.0 Å². The van der Waals surface area contributed by atoms with Crippen LogP contribution in [0.4, 0.5) is 4.39 Å². The van der Waals surface area contributed by atoms with Crippen molar-refractivity contribution in [1.82, 2.24) is 0 Å². The SMILES string of the molecule is CC(C(=O)OCCOCCOCCO)c1ccc(-c2ccccc2)c(F)c1. The number of esters is 1. The lowest BCUT2D eigenvalue weighted by atomic mass is 9.97. The van der Waals surface area contributed by atoms with Crippen molar-refractivity contribution in [3.05, 3.63) is 59.9 Å². The zero-order valence-electron chi connectivity index (χ0n) is 15.4. The van der Waals surface area contributed by atoms with Gasteiger partial charge in [-0.1, -0.05) is 42.5 Å². The fraction of sp³-hybridized carbons (Fsp3) is 0.381. The highest BCUT2D eigenvalue weighted by molar-refractivity contribution is 5.78. The normalized spacial score (nSPS) is 12.0. The van der Waals surface area contributed by atoms with Gasteiger partial charge in [-0.2, -0.15) is 0 Å². The van der Waals surface area contributed by atoms with Gasteiger partial charge >= 0.3 is 5.97 Å². The van der Waals surface area contributed by atoms with Crippen LogP contribution in [0, 0.1) is 5.82 Å². The number of halogens is 1. The Bertz CT molecular complexity index is 705. The van der Waals surface area contributed by atoms with Gasteiger partial charge in [0.05, 0.1) is 39.0 Å². The van der Waals surface area contributed by atoms with E-state index in [-0.39, 0.29) is 32.2 Å². The highest BCUT2D eigenvalue weighted by atomic mass is 19.1. The molecule has 2 aromatic rings. The Balaban J connectivity index is 1.80. The average molecular weight is 376 g/mol. The van der Waals surface area contributed by atoms with Gasteiger partial charge < -0.3 is 19.3 Å². The largest absolute Gasteiger partial charge is 0.463 e. The van der Waals surface area contributed by atoms with E-state index in [2.05, 4.69) is 0 Å². The van der Waals surface area contributed by atoms with Gasteiger partial charge in [0, 0.05) is 5.56 Å². The van der Waals surface area contributed by atoms with Crippen LogP contribution >= 0.6 is 0 Å². The van der Waals surface area contributed by atoms with E-state index in [1.807, 2.05) is 30.3 Å². The van der Waals surface area contributed by atoms with E-state index >= 15 is 0 Å². The van der Waals surface area contributed by atoms with Gasteiger partial charge in [-0.05, 0) is 24.1 Å². The molecule has 1 N–H and O–H groups in total. The third kappa shape index (κ3) is 6.75. The summed E-state index contributed by atoms with van der Waals surface area (Å²) in [7, 11) is 0. The van der Waals surface area contributed by atoms with Gasteiger partial charge in [0.25, 0.3) is 0 Å². The molecular formula is C21H25FO5. The molecule has 27 heavy (non-hydrogen) atoms. The average Bonchev–Trinajstić information content (AvgIpc) is 2.69. The van der Waals surface area contributed by atoms with Crippen LogP contribution in [0.3, 0.4) is 0 Å². The summed E-state index contributed by atoms with van der Waals surface area (Å²) in [5.74, 6) is -1.37. The Hall–Kier alpha value is -2.28. The van der Waals surface area contributed by atoms with E-state index < -0.39 is 11.9 Å². The van der Waals surface area contributed by atoms with Crippen LogP contribution in [0.2, 0.25) is 0 Å². The van der Waals surface area contributed by atoms with E-state index in [0.717, 1.165) is 5.56 Å². The van der Waals surface area contributed by atoms with Crippen LogP contribution in [-0.2, 0) is 19.0 Å². The van der Waals surface area contributed by atoms with Crippen LogP contribution in [0.1, 0.15) is 18.4 Å². The second-order valence-electron chi connectivity index (χ2n) is 5.94. The molecule has 0 aromatic heterocycles. The molecule has 2 rings (SSSR count). The van der Waals surface area contributed by atoms with Gasteiger partial charge in [-0.25, -0.2) is 4.39 Å². The van der Waals surface area contributed by atoms with Crippen molar-refractivity contribution in [1.29, 1.82) is 0 Å². The zero-order chi connectivity index (χ0) is 19.5. The number of aliphatic hydroxyl groups excluding tert-OH is 1. The lowest BCUT2D eigenvalue weighted by Crippen LogP contribution is -2.17. The highest BCUT2D eigenvalue weighted by Gasteiger charge is 2.18. The fourth-order valence-corrected chi connectivity index (χ4v) is 2.50. The van der Waals surface area contributed by atoms with Crippen LogP contribution in [0.5, 0.6) is 0 Å². The number of ether oxygens (including phenoxy) is 3. The minimum Gasteiger partial charge on any atom is -0.463 e. The first-order valence-corrected chi connectivity index (χ1v) is 8.91. The lowest BCUT2D eigenvalue weighted by Gasteiger charge is -2.13. The van der Waals surface area contributed by atoms with Crippen molar-refractivity contribution in [3.8, 4) is 11.1 Å². The predicted octanol–water partition coefficient (Wildman–Crippen LogP) is 3.16.